The van der Waals surface area contributed by atoms with E-state index in [1.807, 2.05) is 0 Å². The lowest BCUT2D eigenvalue weighted by molar-refractivity contribution is 0.240. The zero-order chi connectivity index (χ0) is 9.14. The third-order valence-corrected chi connectivity index (χ3v) is 1.10. The molecule has 1 heterocycles. The van der Waals surface area contributed by atoms with Gasteiger partial charge >= 0.3 is 6.03 Å². The van der Waals surface area contributed by atoms with E-state index in [1.54, 1.807) is 7.05 Å². The molecular weight excluding hydrogens is 160 g/mol. The Morgan fingerprint density at radius 3 is 3.00 bits per heavy atom. The molecule has 0 fully saturated rings. The molecule has 0 bridgehead atoms. The van der Waals surface area contributed by atoms with Crippen LogP contribution in [0.25, 0.3) is 0 Å². The van der Waals surface area contributed by atoms with E-state index in [2.05, 4.69) is 15.8 Å². The number of carbonyl (C=O) groups is 1. The van der Waals surface area contributed by atoms with Gasteiger partial charge in [-0.05, 0) is 0 Å². The van der Waals surface area contributed by atoms with Crippen molar-refractivity contribution in [1.82, 2.24) is 15.9 Å². The van der Waals surface area contributed by atoms with E-state index in [0.29, 0.717) is 11.7 Å². The maximum atomic E-state index is 10.4. The van der Waals surface area contributed by atoms with Crippen molar-refractivity contribution >= 4 is 11.9 Å². The van der Waals surface area contributed by atoms with Gasteiger partial charge in [-0.3, -0.25) is 10.7 Å². The summed E-state index contributed by atoms with van der Waals surface area (Å²) in [6.45, 7) is 0. The first-order chi connectivity index (χ1) is 5.58. The van der Waals surface area contributed by atoms with E-state index in [0.717, 1.165) is 0 Å². The number of nitrogens with two attached hydrogens (primary N) is 2. The summed E-state index contributed by atoms with van der Waals surface area (Å²) in [6.07, 6.45) is 1.46. The number of hydrazone groups is 1. The van der Waals surface area contributed by atoms with Crippen LogP contribution in [0, 0.1) is 0 Å². The highest BCUT2D eigenvalue weighted by molar-refractivity contribution is 5.92. The summed E-state index contributed by atoms with van der Waals surface area (Å²) >= 11 is 0. The number of rotatable bonds is 1. The van der Waals surface area contributed by atoms with Crippen molar-refractivity contribution in [2.75, 3.05) is 7.05 Å². The number of amides is 2. The standard InChI is InChI=1S/C5H10N6O/c1-11-9-3(6)2-4(10-11)8-5(7)12/h2,10H,1H3,(H2,6,9)(H3,7,8,12). The van der Waals surface area contributed by atoms with Crippen LogP contribution in [0.3, 0.4) is 0 Å². The molecule has 0 saturated heterocycles. The highest BCUT2D eigenvalue weighted by atomic mass is 16.2. The van der Waals surface area contributed by atoms with Gasteiger partial charge in [0.2, 0.25) is 0 Å². The first-order valence-electron chi connectivity index (χ1n) is 3.20. The number of primary amides is 1. The Balaban J connectivity index is 2.66. The van der Waals surface area contributed by atoms with E-state index in [1.165, 1.54) is 11.2 Å². The zero-order valence-corrected chi connectivity index (χ0v) is 6.53. The Hall–Kier alpha value is -1.92. The maximum Gasteiger partial charge on any atom is 0.317 e. The maximum absolute atomic E-state index is 10.4. The minimum absolute atomic E-state index is 0.292. The minimum Gasteiger partial charge on any atom is -0.382 e. The lowest BCUT2D eigenvalue weighted by Crippen LogP contribution is -2.44. The monoisotopic (exact) mass is 170 g/mol. The first-order valence-corrected chi connectivity index (χ1v) is 3.20. The number of hydrogen-bond acceptors (Lipinski definition) is 5. The van der Waals surface area contributed by atoms with Crippen molar-refractivity contribution in [1.29, 1.82) is 0 Å². The van der Waals surface area contributed by atoms with Crippen LogP contribution in [0.2, 0.25) is 0 Å². The van der Waals surface area contributed by atoms with E-state index in [4.69, 9.17) is 11.5 Å². The molecule has 0 saturated carbocycles. The fourth-order valence-corrected chi connectivity index (χ4v) is 0.778. The Morgan fingerprint density at radius 1 is 1.83 bits per heavy atom. The van der Waals surface area contributed by atoms with Crippen molar-refractivity contribution in [2.45, 2.75) is 0 Å². The molecule has 1 aliphatic heterocycles. The van der Waals surface area contributed by atoms with Gasteiger partial charge in [0.15, 0.2) is 0 Å². The van der Waals surface area contributed by atoms with Gasteiger partial charge in [0.25, 0.3) is 0 Å². The molecule has 0 aliphatic carbocycles. The number of hydrogen-bond donors (Lipinski definition) is 4. The molecule has 1 rings (SSSR count). The zero-order valence-electron chi connectivity index (χ0n) is 6.53. The number of nitrogens with zero attached hydrogens (tertiary/aromatic N) is 2. The van der Waals surface area contributed by atoms with Gasteiger partial charge in [-0.2, -0.15) is 0 Å². The van der Waals surface area contributed by atoms with Gasteiger partial charge < -0.3 is 11.5 Å². The van der Waals surface area contributed by atoms with Crippen LogP contribution in [-0.4, -0.2) is 24.0 Å². The lowest BCUT2D eigenvalue weighted by Gasteiger charge is -2.22. The first kappa shape index (κ1) is 8.18. The number of carbonyl (C=O) groups excluding carboxylic acids is 1. The smallest absolute Gasteiger partial charge is 0.317 e. The molecule has 66 valence electrons. The molecule has 2 amide bonds. The Morgan fingerprint density at radius 2 is 2.50 bits per heavy atom. The molecule has 12 heavy (non-hydrogen) atoms. The molecule has 0 atom stereocenters. The van der Waals surface area contributed by atoms with Gasteiger partial charge in [-0.1, -0.05) is 0 Å². The Bertz CT molecular complexity index is 257. The Labute approximate surface area is 69.0 Å². The van der Waals surface area contributed by atoms with Crippen LogP contribution in [-0.2, 0) is 0 Å². The third kappa shape index (κ3) is 2.04. The molecule has 0 aromatic carbocycles. The van der Waals surface area contributed by atoms with E-state index < -0.39 is 6.03 Å². The van der Waals surface area contributed by atoms with E-state index >= 15 is 0 Å². The molecule has 0 spiro atoms. The van der Waals surface area contributed by atoms with Gasteiger partial charge in [0.1, 0.15) is 11.7 Å². The van der Waals surface area contributed by atoms with E-state index in [9.17, 15) is 4.79 Å². The van der Waals surface area contributed by atoms with Gasteiger partial charge in [0.05, 0.1) is 0 Å². The predicted molar refractivity (Wildman–Crippen MR) is 43.3 cm³/mol. The number of urea groups is 1. The van der Waals surface area contributed by atoms with Crippen LogP contribution >= 0.6 is 0 Å². The number of nitrogens with one attached hydrogen (secondary N) is 2. The van der Waals surface area contributed by atoms with Crippen LogP contribution < -0.4 is 22.2 Å². The second-order valence-corrected chi connectivity index (χ2v) is 2.21. The lowest BCUT2D eigenvalue weighted by atomic mass is 10.5. The van der Waals surface area contributed by atoms with Crippen LogP contribution in [0.1, 0.15) is 0 Å². The molecule has 0 aromatic heterocycles. The molecule has 7 heteroatoms. The summed E-state index contributed by atoms with van der Waals surface area (Å²) in [5, 5.41) is 7.48. The highest BCUT2D eigenvalue weighted by Gasteiger charge is 2.07. The summed E-state index contributed by atoms with van der Waals surface area (Å²) in [5.41, 5.74) is 13.0. The number of amidine groups is 1. The van der Waals surface area contributed by atoms with Crippen molar-refractivity contribution in [2.24, 2.45) is 16.6 Å². The van der Waals surface area contributed by atoms with E-state index in [-0.39, 0.29) is 0 Å². The topological polar surface area (TPSA) is 109 Å². The second-order valence-electron chi connectivity index (χ2n) is 2.21. The summed E-state index contributed by atoms with van der Waals surface area (Å²) < 4.78 is 0. The quantitative estimate of drug-likeness (QED) is 0.373. The summed E-state index contributed by atoms with van der Waals surface area (Å²) in [4.78, 5) is 10.4. The average molecular weight is 170 g/mol. The second kappa shape index (κ2) is 2.99. The predicted octanol–water partition coefficient (Wildman–Crippen LogP) is -1.78. The van der Waals surface area contributed by atoms with Crippen molar-refractivity contribution in [3.05, 3.63) is 11.9 Å². The van der Waals surface area contributed by atoms with Crippen molar-refractivity contribution in [3.63, 3.8) is 0 Å². The molecule has 0 aromatic rings. The Kier molecular flexibility index (Phi) is 2.04. The van der Waals surface area contributed by atoms with Crippen LogP contribution in [0.5, 0.6) is 0 Å². The molecule has 6 N–H and O–H groups in total. The fourth-order valence-electron chi connectivity index (χ4n) is 0.778. The van der Waals surface area contributed by atoms with Crippen molar-refractivity contribution < 1.29 is 4.79 Å². The van der Waals surface area contributed by atoms with Gasteiger partial charge in [0, 0.05) is 13.1 Å². The SMILES string of the molecule is CN1N=C(N)C=C(NC(N)=O)N1. The van der Waals surface area contributed by atoms with Gasteiger partial charge in [-0.25, -0.2) is 9.91 Å². The average Bonchev–Trinajstić information content (AvgIpc) is 1.81. The summed E-state index contributed by atoms with van der Waals surface area (Å²) in [5.74, 6) is 0.692. The molecule has 1 aliphatic rings. The van der Waals surface area contributed by atoms with Crippen LogP contribution in [0.4, 0.5) is 4.79 Å². The third-order valence-electron chi connectivity index (χ3n) is 1.10. The number of hydrazine groups is 1. The van der Waals surface area contributed by atoms with Gasteiger partial charge in [-0.15, -0.1) is 5.10 Å². The van der Waals surface area contributed by atoms with Crippen molar-refractivity contribution in [3.8, 4) is 0 Å². The fraction of sp³-hybridized carbons (Fsp3) is 0.200. The molecule has 0 unspecified atom stereocenters. The largest absolute Gasteiger partial charge is 0.382 e. The highest BCUT2D eigenvalue weighted by Crippen LogP contribution is 1.93. The molecular formula is C5H10N6O. The molecule has 7 nitrogen and oxygen atoms in total. The van der Waals surface area contributed by atoms with Crippen LogP contribution in [0.15, 0.2) is 17.0 Å². The summed E-state index contributed by atoms with van der Waals surface area (Å²) in [7, 11) is 1.64. The minimum atomic E-state index is -0.656. The normalized spacial score (nSPS) is 15.9. The molecule has 0 radical (unpaired) electrons. The summed E-state index contributed by atoms with van der Waals surface area (Å²) in [6, 6.07) is -0.656.